The molecule has 0 atom stereocenters. The zero-order valence-electron chi connectivity index (χ0n) is 7.88. The lowest BCUT2D eigenvalue weighted by Crippen LogP contribution is -1.96. The maximum atomic E-state index is 5.67. The summed E-state index contributed by atoms with van der Waals surface area (Å²) in [7, 11) is 1.55. The van der Waals surface area contributed by atoms with Crippen molar-refractivity contribution in [1.82, 2.24) is 4.98 Å². The van der Waals surface area contributed by atoms with E-state index in [0.29, 0.717) is 29.6 Å². The standard InChI is InChI=1S/C10H11ClN2O/c1-14-10-6-5-8(12)9(13-10)4-2-3-7-11/h5-6H,3,7,12H2,1H3. The predicted molar refractivity (Wildman–Crippen MR) is 57.4 cm³/mol. The topological polar surface area (TPSA) is 48.1 Å². The minimum absolute atomic E-state index is 0.509. The number of rotatable bonds is 2. The fourth-order valence-corrected chi connectivity index (χ4v) is 0.954. The van der Waals surface area contributed by atoms with Crippen LogP contribution in [0.2, 0.25) is 0 Å². The Labute approximate surface area is 88.2 Å². The normalized spacial score (nSPS) is 9.00. The van der Waals surface area contributed by atoms with Crippen LogP contribution in [0.1, 0.15) is 12.1 Å². The third-order valence-corrected chi connectivity index (χ3v) is 1.73. The van der Waals surface area contributed by atoms with Crippen molar-refractivity contribution in [1.29, 1.82) is 0 Å². The van der Waals surface area contributed by atoms with Gasteiger partial charge in [-0.2, -0.15) is 0 Å². The summed E-state index contributed by atoms with van der Waals surface area (Å²) in [4.78, 5) is 4.10. The Kier molecular flexibility index (Phi) is 4.09. The van der Waals surface area contributed by atoms with Crippen molar-refractivity contribution in [2.75, 3.05) is 18.7 Å². The molecule has 14 heavy (non-hydrogen) atoms. The van der Waals surface area contributed by atoms with Crippen LogP contribution in [-0.2, 0) is 0 Å². The van der Waals surface area contributed by atoms with Gasteiger partial charge in [-0.15, -0.1) is 11.6 Å². The van der Waals surface area contributed by atoms with E-state index in [1.54, 1.807) is 19.2 Å². The lowest BCUT2D eigenvalue weighted by Gasteiger charge is -2.00. The molecule has 1 aromatic heterocycles. The van der Waals surface area contributed by atoms with Crippen molar-refractivity contribution >= 4 is 17.3 Å². The van der Waals surface area contributed by atoms with E-state index in [0.717, 1.165) is 0 Å². The molecular weight excluding hydrogens is 200 g/mol. The Balaban J connectivity index is 2.91. The van der Waals surface area contributed by atoms with Crippen LogP contribution in [0.25, 0.3) is 0 Å². The minimum atomic E-state index is 0.509. The zero-order valence-corrected chi connectivity index (χ0v) is 8.64. The molecule has 0 unspecified atom stereocenters. The van der Waals surface area contributed by atoms with E-state index in [9.17, 15) is 0 Å². The SMILES string of the molecule is COc1ccc(N)c(C#CCCCl)n1. The molecule has 0 aliphatic heterocycles. The molecule has 1 rings (SSSR count). The smallest absolute Gasteiger partial charge is 0.214 e. The second-order valence-corrected chi connectivity index (χ2v) is 2.91. The van der Waals surface area contributed by atoms with E-state index in [4.69, 9.17) is 22.1 Å². The van der Waals surface area contributed by atoms with Crippen LogP contribution in [0.3, 0.4) is 0 Å². The Morgan fingerprint density at radius 1 is 1.57 bits per heavy atom. The summed E-state index contributed by atoms with van der Waals surface area (Å²) in [5, 5.41) is 0. The molecule has 1 heterocycles. The molecule has 1 aromatic rings. The average Bonchev–Trinajstić information content (AvgIpc) is 2.21. The van der Waals surface area contributed by atoms with E-state index >= 15 is 0 Å². The molecule has 3 nitrogen and oxygen atoms in total. The molecule has 74 valence electrons. The number of halogens is 1. The second kappa shape index (κ2) is 5.36. The summed E-state index contributed by atoms with van der Waals surface area (Å²) in [5.74, 6) is 6.72. The molecular formula is C10H11ClN2O. The first-order chi connectivity index (χ1) is 6.77. The molecule has 0 fully saturated rings. The van der Waals surface area contributed by atoms with Gasteiger partial charge in [0.2, 0.25) is 5.88 Å². The Hall–Kier alpha value is -1.40. The number of pyridine rings is 1. The first-order valence-electron chi connectivity index (χ1n) is 4.13. The van der Waals surface area contributed by atoms with Crippen molar-refractivity contribution in [3.63, 3.8) is 0 Å². The third-order valence-electron chi connectivity index (χ3n) is 1.54. The molecule has 0 saturated carbocycles. The number of ether oxygens (including phenoxy) is 1. The van der Waals surface area contributed by atoms with Gasteiger partial charge < -0.3 is 10.5 Å². The van der Waals surface area contributed by atoms with Gasteiger partial charge >= 0.3 is 0 Å². The predicted octanol–water partition coefficient (Wildman–Crippen LogP) is 1.65. The highest BCUT2D eigenvalue weighted by molar-refractivity contribution is 6.18. The Morgan fingerprint density at radius 3 is 3.00 bits per heavy atom. The fourth-order valence-electron chi connectivity index (χ4n) is 0.859. The maximum absolute atomic E-state index is 5.67. The van der Waals surface area contributed by atoms with Gasteiger partial charge in [0.1, 0.15) is 5.69 Å². The maximum Gasteiger partial charge on any atom is 0.214 e. The molecule has 0 saturated heterocycles. The number of nitrogen functional groups attached to an aromatic ring is 1. The number of anilines is 1. The van der Waals surface area contributed by atoms with Gasteiger partial charge in [0, 0.05) is 18.4 Å². The monoisotopic (exact) mass is 210 g/mol. The number of nitrogens with zero attached hydrogens (tertiary/aromatic N) is 1. The lowest BCUT2D eigenvalue weighted by molar-refractivity contribution is 0.397. The van der Waals surface area contributed by atoms with Crippen LogP contribution in [0.15, 0.2) is 12.1 Å². The second-order valence-electron chi connectivity index (χ2n) is 2.53. The number of alkyl halides is 1. The molecule has 0 aliphatic rings. The molecule has 0 aromatic carbocycles. The summed E-state index contributed by atoms with van der Waals surface area (Å²) in [6, 6.07) is 3.42. The van der Waals surface area contributed by atoms with Gasteiger partial charge in [-0.1, -0.05) is 5.92 Å². The summed E-state index contributed by atoms with van der Waals surface area (Å²) >= 11 is 5.49. The number of methoxy groups -OCH3 is 1. The largest absolute Gasteiger partial charge is 0.481 e. The van der Waals surface area contributed by atoms with Gasteiger partial charge in [0.25, 0.3) is 0 Å². The van der Waals surface area contributed by atoms with Gasteiger partial charge in [-0.3, -0.25) is 0 Å². The van der Waals surface area contributed by atoms with Crippen LogP contribution in [0, 0.1) is 11.8 Å². The van der Waals surface area contributed by atoms with Crippen LogP contribution in [-0.4, -0.2) is 18.0 Å². The van der Waals surface area contributed by atoms with Crippen molar-refractivity contribution in [2.45, 2.75) is 6.42 Å². The van der Waals surface area contributed by atoms with Crippen LogP contribution in [0.5, 0.6) is 5.88 Å². The van der Waals surface area contributed by atoms with Crippen molar-refractivity contribution in [3.8, 4) is 17.7 Å². The highest BCUT2D eigenvalue weighted by Crippen LogP contribution is 2.13. The summed E-state index contributed by atoms with van der Waals surface area (Å²) in [6.45, 7) is 0. The van der Waals surface area contributed by atoms with E-state index in [1.165, 1.54) is 0 Å². The van der Waals surface area contributed by atoms with Gasteiger partial charge in [0.15, 0.2) is 0 Å². The summed E-state index contributed by atoms with van der Waals surface area (Å²) in [6.07, 6.45) is 0.625. The van der Waals surface area contributed by atoms with E-state index < -0.39 is 0 Å². The van der Waals surface area contributed by atoms with E-state index in [-0.39, 0.29) is 0 Å². The molecule has 0 radical (unpaired) electrons. The average molecular weight is 211 g/mol. The molecule has 0 aliphatic carbocycles. The van der Waals surface area contributed by atoms with Crippen LogP contribution < -0.4 is 10.5 Å². The van der Waals surface area contributed by atoms with Crippen molar-refractivity contribution in [2.24, 2.45) is 0 Å². The third kappa shape index (κ3) is 2.82. The number of hydrogen-bond donors (Lipinski definition) is 1. The highest BCUT2D eigenvalue weighted by Gasteiger charge is 1.99. The van der Waals surface area contributed by atoms with Crippen molar-refractivity contribution < 1.29 is 4.74 Å². The van der Waals surface area contributed by atoms with Gasteiger partial charge in [-0.25, -0.2) is 4.98 Å². The van der Waals surface area contributed by atoms with Crippen molar-refractivity contribution in [3.05, 3.63) is 17.8 Å². The van der Waals surface area contributed by atoms with Crippen LogP contribution in [0.4, 0.5) is 5.69 Å². The molecule has 0 spiro atoms. The van der Waals surface area contributed by atoms with Gasteiger partial charge in [-0.05, 0) is 12.0 Å². The van der Waals surface area contributed by atoms with Gasteiger partial charge in [0.05, 0.1) is 12.8 Å². The van der Waals surface area contributed by atoms with E-state index in [2.05, 4.69) is 16.8 Å². The first-order valence-corrected chi connectivity index (χ1v) is 4.66. The Morgan fingerprint density at radius 2 is 2.36 bits per heavy atom. The lowest BCUT2D eigenvalue weighted by atomic mass is 10.3. The summed E-state index contributed by atoms with van der Waals surface area (Å²) in [5.41, 5.74) is 6.76. The highest BCUT2D eigenvalue weighted by atomic mass is 35.5. The molecule has 2 N–H and O–H groups in total. The Bertz CT molecular complexity index is 368. The fraction of sp³-hybridized carbons (Fsp3) is 0.300. The summed E-state index contributed by atoms with van der Waals surface area (Å²) < 4.78 is 4.96. The first kappa shape index (κ1) is 10.7. The zero-order chi connectivity index (χ0) is 10.4. The molecule has 0 amide bonds. The number of nitrogens with two attached hydrogens (primary N) is 1. The number of hydrogen-bond acceptors (Lipinski definition) is 3. The quantitative estimate of drug-likeness (QED) is 0.597. The minimum Gasteiger partial charge on any atom is -0.481 e. The molecule has 0 bridgehead atoms. The van der Waals surface area contributed by atoms with E-state index in [1.807, 2.05) is 0 Å². The van der Waals surface area contributed by atoms with Crippen LogP contribution >= 0.6 is 11.6 Å². The number of aromatic nitrogens is 1. The molecule has 4 heteroatoms.